The molecule has 2 rings (SSSR count). The number of nitro groups is 1. The fraction of sp³-hybridized carbons (Fsp3) is 0.417. The standard InChI is InChI=1S/C12H13NO3/c14-12-7-6-10(12)11(8-13(15)16)9-4-2-1-3-5-9/h1-5,10-11H,6-8H2/t10-,11-/m1/s1. The highest BCUT2D eigenvalue weighted by Gasteiger charge is 2.38. The van der Waals surface area contributed by atoms with Crippen LogP contribution in [-0.4, -0.2) is 17.3 Å². The summed E-state index contributed by atoms with van der Waals surface area (Å²) < 4.78 is 0. The highest BCUT2D eigenvalue weighted by atomic mass is 16.6. The molecule has 1 fully saturated rings. The van der Waals surface area contributed by atoms with Crippen molar-refractivity contribution in [3.63, 3.8) is 0 Å². The second kappa shape index (κ2) is 4.43. The number of carbonyl (C=O) groups is 1. The molecule has 0 amide bonds. The highest BCUT2D eigenvalue weighted by Crippen LogP contribution is 2.36. The molecule has 0 saturated heterocycles. The van der Waals surface area contributed by atoms with E-state index in [0.717, 1.165) is 12.0 Å². The lowest BCUT2D eigenvalue weighted by molar-refractivity contribution is -0.484. The van der Waals surface area contributed by atoms with Crippen molar-refractivity contribution in [3.05, 3.63) is 46.0 Å². The Morgan fingerprint density at radius 1 is 1.38 bits per heavy atom. The van der Waals surface area contributed by atoms with Crippen LogP contribution in [0.1, 0.15) is 24.3 Å². The Balaban J connectivity index is 2.21. The van der Waals surface area contributed by atoms with Crippen LogP contribution in [0.5, 0.6) is 0 Å². The second-order valence-electron chi connectivity index (χ2n) is 4.14. The van der Waals surface area contributed by atoms with Crippen LogP contribution in [0.2, 0.25) is 0 Å². The van der Waals surface area contributed by atoms with Gasteiger partial charge in [-0.3, -0.25) is 14.9 Å². The van der Waals surface area contributed by atoms with Gasteiger partial charge >= 0.3 is 0 Å². The maximum absolute atomic E-state index is 11.4. The fourth-order valence-corrected chi connectivity index (χ4v) is 2.18. The maximum atomic E-state index is 11.4. The average molecular weight is 219 g/mol. The molecule has 0 heterocycles. The summed E-state index contributed by atoms with van der Waals surface area (Å²) >= 11 is 0. The summed E-state index contributed by atoms with van der Waals surface area (Å²) in [5.74, 6) is -0.235. The zero-order valence-corrected chi connectivity index (χ0v) is 8.83. The third kappa shape index (κ3) is 2.10. The lowest BCUT2D eigenvalue weighted by atomic mass is 9.72. The van der Waals surface area contributed by atoms with Crippen molar-refractivity contribution in [1.82, 2.24) is 0 Å². The van der Waals surface area contributed by atoms with Gasteiger partial charge in [0.25, 0.3) is 0 Å². The Labute approximate surface area is 93.4 Å². The molecule has 1 aliphatic carbocycles. The van der Waals surface area contributed by atoms with E-state index in [-0.39, 0.29) is 29.1 Å². The lowest BCUT2D eigenvalue weighted by Crippen LogP contribution is -2.34. The third-order valence-corrected chi connectivity index (χ3v) is 3.17. The number of benzene rings is 1. The SMILES string of the molecule is O=C1CC[C@@H]1[C@H](C[N+](=O)[O-])c1ccccc1. The molecule has 1 saturated carbocycles. The Kier molecular flexibility index (Phi) is 2.99. The molecule has 84 valence electrons. The van der Waals surface area contributed by atoms with Gasteiger partial charge in [-0.05, 0) is 12.0 Å². The predicted molar refractivity (Wildman–Crippen MR) is 58.8 cm³/mol. The fourth-order valence-electron chi connectivity index (χ4n) is 2.18. The molecule has 4 heteroatoms. The van der Waals surface area contributed by atoms with Gasteiger partial charge in [-0.1, -0.05) is 30.3 Å². The van der Waals surface area contributed by atoms with Crippen molar-refractivity contribution in [2.75, 3.05) is 6.54 Å². The van der Waals surface area contributed by atoms with Crippen molar-refractivity contribution >= 4 is 5.78 Å². The molecule has 0 unspecified atom stereocenters. The van der Waals surface area contributed by atoms with Gasteiger partial charge in [0.05, 0.1) is 5.92 Å². The summed E-state index contributed by atoms with van der Waals surface area (Å²) in [4.78, 5) is 21.7. The second-order valence-corrected chi connectivity index (χ2v) is 4.14. The summed E-state index contributed by atoms with van der Waals surface area (Å²) in [5, 5.41) is 10.6. The van der Waals surface area contributed by atoms with Crippen LogP contribution in [0.15, 0.2) is 30.3 Å². The molecule has 0 N–H and O–H groups in total. The normalized spacial score (nSPS) is 21.2. The molecule has 0 aromatic heterocycles. The minimum Gasteiger partial charge on any atom is -0.299 e. The molecular weight excluding hydrogens is 206 g/mol. The minimum absolute atomic E-state index is 0.146. The van der Waals surface area contributed by atoms with Gasteiger partial charge in [-0.15, -0.1) is 0 Å². The summed E-state index contributed by atoms with van der Waals surface area (Å²) in [6.45, 7) is -0.152. The first-order valence-corrected chi connectivity index (χ1v) is 5.38. The van der Waals surface area contributed by atoms with E-state index in [2.05, 4.69) is 0 Å². The zero-order chi connectivity index (χ0) is 11.5. The van der Waals surface area contributed by atoms with E-state index in [1.165, 1.54) is 0 Å². The molecule has 16 heavy (non-hydrogen) atoms. The van der Waals surface area contributed by atoms with Crippen molar-refractivity contribution in [2.45, 2.75) is 18.8 Å². The van der Waals surface area contributed by atoms with E-state index in [1.54, 1.807) is 0 Å². The Bertz CT molecular complexity index is 402. The van der Waals surface area contributed by atoms with E-state index in [4.69, 9.17) is 0 Å². The monoisotopic (exact) mass is 219 g/mol. The first-order chi connectivity index (χ1) is 7.68. The van der Waals surface area contributed by atoms with Crippen molar-refractivity contribution in [1.29, 1.82) is 0 Å². The first kappa shape index (κ1) is 10.8. The summed E-state index contributed by atoms with van der Waals surface area (Å²) in [7, 11) is 0. The maximum Gasteiger partial charge on any atom is 0.211 e. The molecule has 1 aromatic rings. The zero-order valence-electron chi connectivity index (χ0n) is 8.83. The molecule has 2 atom stereocenters. The third-order valence-electron chi connectivity index (χ3n) is 3.17. The molecule has 4 nitrogen and oxygen atoms in total. The number of ketones is 1. The van der Waals surface area contributed by atoms with Crippen molar-refractivity contribution in [2.24, 2.45) is 5.92 Å². The summed E-state index contributed by atoms with van der Waals surface area (Å²) in [6, 6.07) is 9.30. The number of hydrogen-bond donors (Lipinski definition) is 0. The van der Waals surface area contributed by atoms with Crippen LogP contribution >= 0.6 is 0 Å². The predicted octanol–water partition coefficient (Wildman–Crippen LogP) is 2.03. The van der Waals surface area contributed by atoms with E-state index in [0.29, 0.717) is 6.42 Å². The van der Waals surface area contributed by atoms with Gasteiger partial charge in [-0.25, -0.2) is 0 Å². The molecule has 0 spiro atoms. The number of hydrogen-bond acceptors (Lipinski definition) is 3. The molecule has 0 aliphatic heterocycles. The number of carbonyl (C=O) groups excluding carboxylic acids is 1. The van der Waals surface area contributed by atoms with Gasteiger partial charge in [0.2, 0.25) is 6.54 Å². The van der Waals surface area contributed by atoms with Crippen molar-refractivity contribution in [3.8, 4) is 0 Å². The molecule has 1 aliphatic rings. The van der Waals surface area contributed by atoms with Crippen LogP contribution in [-0.2, 0) is 4.79 Å². The first-order valence-electron chi connectivity index (χ1n) is 5.38. The van der Waals surface area contributed by atoms with E-state index >= 15 is 0 Å². The van der Waals surface area contributed by atoms with Crippen LogP contribution in [0.25, 0.3) is 0 Å². The van der Waals surface area contributed by atoms with Crippen LogP contribution < -0.4 is 0 Å². The Hall–Kier alpha value is -1.71. The van der Waals surface area contributed by atoms with E-state index < -0.39 is 0 Å². The van der Waals surface area contributed by atoms with Crippen molar-refractivity contribution < 1.29 is 9.72 Å². The van der Waals surface area contributed by atoms with Crippen LogP contribution in [0.3, 0.4) is 0 Å². The Morgan fingerprint density at radius 2 is 2.06 bits per heavy atom. The lowest BCUT2D eigenvalue weighted by Gasteiger charge is -2.30. The molecule has 0 bridgehead atoms. The number of rotatable bonds is 4. The van der Waals surface area contributed by atoms with Gasteiger partial charge in [0, 0.05) is 17.3 Å². The molecular formula is C12H13NO3. The number of Topliss-reactive ketones (excluding diaryl/α,β-unsaturated/α-hetero) is 1. The minimum atomic E-state index is -0.330. The van der Waals surface area contributed by atoms with Gasteiger partial charge in [-0.2, -0.15) is 0 Å². The van der Waals surface area contributed by atoms with E-state index in [9.17, 15) is 14.9 Å². The summed E-state index contributed by atoms with van der Waals surface area (Å²) in [6.07, 6.45) is 1.36. The topological polar surface area (TPSA) is 60.2 Å². The Morgan fingerprint density at radius 3 is 2.50 bits per heavy atom. The van der Waals surface area contributed by atoms with E-state index in [1.807, 2.05) is 30.3 Å². The van der Waals surface area contributed by atoms with Crippen LogP contribution in [0.4, 0.5) is 0 Å². The van der Waals surface area contributed by atoms with Gasteiger partial charge < -0.3 is 0 Å². The average Bonchev–Trinajstić information content (AvgIpc) is 2.27. The van der Waals surface area contributed by atoms with Gasteiger partial charge in [0.15, 0.2) is 0 Å². The highest BCUT2D eigenvalue weighted by molar-refractivity contribution is 5.87. The smallest absolute Gasteiger partial charge is 0.211 e. The van der Waals surface area contributed by atoms with Gasteiger partial charge in [0.1, 0.15) is 5.78 Å². The quantitative estimate of drug-likeness (QED) is 0.575. The molecule has 0 radical (unpaired) electrons. The molecule has 1 aromatic carbocycles. The summed E-state index contributed by atoms with van der Waals surface area (Å²) in [5.41, 5.74) is 0.900. The largest absolute Gasteiger partial charge is 0.299 e. The number of nitrogens with zero attached hydrogens (tertiary/aromatic N) is 1. The van der Waals surface area contributed by atoms with Crippen LogP contribution in [0, 0.1) is 16.0 Å².